The Morgan fingerprint density at radius 2 is 1.72 bits per heavy atom. The summed E-state index contributed by atoms with van der Waals surface area (Å²) < 4.78 is 13.0. The summed E-state index contributed by atoms with van der Waals surface area (Å²) in [5.74, 6) is 0.525. The molecule has 0 saturated heterocycles. The second-order valence-electron chi connectivity index (χ2n) is 5.57. The van der Waals surface area contributed by atoms with Crippen molar-refractivity contribution in [2.45, 2.75) is 19.8 Å². The molecule has 0 bridgehead atoms. The molecular weight excluding hydrogens is 386 g/mol. The summed E-state index contributed by atoms with van der Waals surface area (Å²) in [6, 6.07) is 11.1. The van der Waals surface area contributed by atoms with E-state index in [9.17, 15) is 4.79 Å². The Morgan fingerprint density at radius 3 is 2.40 bits per heavy atom. The zero-order chi connectivity index (χ0) is 17.8. The Balaban J connectivity index is 2.17. The van der Waals surface area contributed by atoms with Crippen LogP contribution in [0.4, 0.5) is 0 Å². The Morgan fingerprint density at radius 1 is 1.00 bits per heavy atom. The lowest BCUT2D eigenvalue weighted by atomic mass is 10.2. The van der Waals surface area contributed by atoms with E-state index in [-0.39, 0.29) is 12.2 Å². The van der Waals surface area contributed by atoms with Crippen LogP contribution in [0.2, 0.25) is 0 Å². The maximum atomic E-state index is 12.5. The van der Waals surface area contributed by atoms with Gasteiger partial charge in [-0.15, -0.1) is 0 Å². The lowest BCUT2D eigenvalue weighted by Crippen LogP contribution is -2.22. The van der Waals surface area contributed by atoms with Crippen LogP contribution in [-0.2, 0) is 29.2 Å². The van der Waals surface area contributed by atoms with Gasteiger partial charge in [0.05, 0.1) is 18.8 Å². The monoisotopic (exact) mass is 403 g/mol. The molecule has 3 aromatic rings. The van der Waals surface area contributed by atoms with Gasteiger partial charge in [-0.05, 0) is 23.8 Å². The van der Waals surface area contributed by atoms with Crippen molar-refractivity contribution >= 4 is 27.0 Å². The maximum absolute atomic E-state index is 12.5. The van der Waals surface area contributed by atoms with Crippen molar-refractivity contribution in [3.05, 3.63) is 68.3 Å². The van der Waals surface area contributed by atoms with Crippen LogP contribution >= 0.6 is 15.9 Å². The van der Waals surface area contributed by atoms with Crippen molar-refractivity contribution in [1.82, 2.24) is 14.5 Å². The van der Waals surface area contributed by atoms with E-state index in [0.717, 1.165) is 21.1 Å². The maximum Gasteiger partial charge on any atom is 0.252 e. The van der Waals surface area contributed by atoms with E-state index in [1.54, 1.807) is 30.9 Å². The number of pyridine rings is 1. The summed E-state index contributed by atoms with van der Waals surface area (Å²) in [5, 5.41) is 0.804. The molecule has 3 rings (SSSR count). The third-order valence-electron chi connectivity index (χ3n) is 3.77. The average molecular weight is 404 g/mol. The van der Waals surface area contributed by atoms with Crippen LogP contribution in [-0.4, -0.2) is 28.8 Å². The summed E-state index contributed by atoms with van der Waals surface area (Å²) in [5.41, 5.74) is 2.23. The van der Waals surface area contributed by atoms with Crippen LogP contribution in [0.25, 0.3) is 11.0 Å². The molecule has 0 N–H and O–H groups in total. The molecule has 1 aromatic carbocycles. The number of nitrogens with zero attached hydrogens (tertiary/aromatic N) is 3. The number of halogens is 1. The molecule has 0 atom stereocenters. The molecular formula is C18H18BrN3O3. The number of aromatic nitrogens is 3. The molecule has 0 fully saturated rings. The van der Waals surface area contributed by atoms with Gasteiger partial charge in [-0.3, -0.25) is 9.36 Å². The molecule has 25 heavy (non-hydrogen) atoms. The van der Waals surface area contributed by atoms with Gasteiger partial charge in [0.25, 0.3) is 5.56 Å². The first kappa shape index (κ1) is 17.7. The third-order valence-corrected chi connectivity index (χ3v) is 4.30. The summed E-state index contributed by atoms with van der Waals surface area (Å²) in [6.07, 6.45) is 0. The molecule has 0 aliphatic rings. The summed E-state index contributed by atoms with van der Waals surface area (Å²) in [7, 11) is 3.20. The fraction of sp³-hybridized carbons (Fsp3) is 0.278. The molecule has 7 heteroatoms. The molecule has 2 heterocycles. The first-order valence-corrected chi connectivity index (χ1v) is 8.53. The molecule has 6 nitrogen and oxygen atoms in total. The summed E-state index contributed by atoms with van der Waals surface area (Å²) in [6.45, 7) is 1.04. The van der Waals surface area contributed by atoms with E-state index >= 15 is 0 Å². The number of hydrogen-bond acceptors (Lipinski definition) is 5. The Kier molecular flexibility index (Phi) is 5.57. The summed E-state index contributed by atoms with van der Waals surface area (Å²) >= 11 is 3.42. The quantitative estimate of drug-likeness (QED) is 0.632. The number of benzene rings is 1. The minimum Gasteiger partial charge on any atom is -0.378 e. The molecule has 0 saturated carbocycles. The van der Waals surface area contributed by atoms with Gasteiger partial charge in [0.1, 0.15) is 12.3 Å². The van der Waals surface area contributed by atoms with Crippen LogP contribution in [0.5, 0.6) is 0 Å². The molecule has 130 valence electrons. The van der Waals surface area contributed by atoms with Gasteiger partial charge < -0.3 is 9.47 Å². The number of fused-ring (bicyclic) bond motifs is 1. The second kappa shape index (κ2) is 7.86. The largest absolute Gasteiger partial charge is 0.378 e. The first-order valence-electron chi connectivity index (χ1n) is 7.74. The van der Waals surface area contributed by atoms with E-state index in [1.807, 2.05) is 24.3 Å². The Labute approximate surface area is 153 Å². The second-order valence-corrected chi connectivity index (χ2v) is 6.49. The minimum atomic E-state index is -0.110. The highest BCUT2D eigenvalue weighted by atomic mass is 79.9. The van der Waals surface area contributed by atoms with Gasteiger partial charge in [0.15, 0.2) is 5.82 Å². The first-order chi connectivity index (χ1) is 12.1. The van der Waals surface area contributed by atoms with Crippen molar-refractivity contribution in [2.24, 2.45) is 0 Å². The van der Waals surface area contributed by atoms with Crippen molar-refractivity contribution < 1.29 is 9.47 Å². The van der Waals surface area contributed by atoms with Crippen LogP contribution in [0, 0.1) is 0 Å². The van der Waals surface area contributed by atoms with Gasteiger partial charge in [0.2, 0.25) is 0 Å². The van der Waals surface area contributed by atoms with Crippen LogP contribution < -0.4 is 5.56 Å². The van der Waals surface area contributed by atoms with Crippen molar-refractivity contribution in [2.75, 3.05) is 14.2 Å². The highest BCUT2D eigenvalue weighted by Crippen LogP contribution is 2.18. The predicted octanol–water partition coefficient (Wildman–Crippen LogP) is 2.90. The van der Waals surface area contributed by atoms with E-state index in [1.165, 1.54) is 0 Å². The highest BCUT2D eigenvalue weighted by Gasteiger charge is 2.13. The standard InChI is InChI=1S/C18H18BrN3O3/c1-24-10-15-14-7-8-17(23)22(9-12-3-5-13(19)6-4-12)18(14)21-16(20-15)11-25-2/h3-8H,9-11H2,1-2H3. The number of hydrogen-bond donors (Lipinski definition) is 0. The van der Waals surface area contributed by atoms with Gasteiger partial charge in [-0.1, -0.05) is 28.1 Å². The molecule has 0 spiro atoms. The van der Waals surface area contributed by atoms with Crippen LogP contribution in [0.15, 0.2) is 45.7 Å². The fourth-order valence-electron chi connectivity index (χ4n) is 2.64. The molecule has 0 aliphatic heterocycles. The Hall–Kier alpha value is -2.09. The zero-order valence-electron chi connectivity index (χ0n) is 14.0. The van der Waals surface area contributed by atoms with Gasteiger partial charge in [-0.25, -0.2) is 9.97 Å². The molecule has 0 unspecified atom stereocenters. The highest BCUT2D eigenvalue weighted by molar-refractivity contribution is 9.10. The van der Waals surface area contributed by atoms with Gasteiger partial charge in [-0.2, -0.15) is 0 Å². The Bertz CT molecular complexity index is 939. The number of ether oxygens (including phenoxy) is 2. The van der Waals surface area contributed by atoms with Crippen molar-refractivity contribution in [3.63, 3.8) is 0 Å². The van der Waals surface area contributed by atoms with E-state index in [4.69, 9.17) is 9.47 Å². The van der Waals surface area contributed by atoms with Gasteiger partial charge in [0, 0.05) is 30.1 Å². The topological polar surface area (TPSA) is 66.2 Å². The lowest BCUT2D eigenvalue weighted by Gasteiger charge is -2.13. The van der Waals surface area contributed by atoms with E-state index in [0.29, 0.717) is 24.6 Å². The van der Waals surface area contributed by atoms with Crippen LogP contribution in [0.1, 0.15) is 17.1 Å². The normalized spacial score (nSPS) is 11.2. The van der Waals surface area contributed by atoms with Gasteiger partial charge >= 0.3 is 0 Å². The van der Waals surface area contributed by atoms with E-state index in [2.05, 4.69) is 25.9 Å². The predicted molar refractivity (Wildman–Crippen MR) is 98.5 cm³/mol. The van der Waals surface area contributed by atoms with Crippen LogP contribution in [0.3, 0.4) is 0 Å². The molecule has 0 aliphatic carbocycles. The average Bonchev–Trinajstić information content (AvgIpc) is 2.60. The van der Waals surface area contributed by atoms with Crippen molar-refractivity contribution in [1.29, 1.82) is 0 Å². The molecule has 2 aromatic heterocycles. The minimum absolute atomic E-state index is 0.110. The number of methoxy groups -OCH3 is 2. The summed E-state index contributed by atoms with van der Waals surface area (Å²) in [4.78, 5) is 21.5. The van der Waals surface area contributed by atoms with Crippen molar-refractivity contribution in [3.8, 4) is 0 Å². The lowest BCUT2D eigenvalue weighted by molar-refractivity contribution is 0.171. The fourth-order valence-corrected chi connectivity index (χ4v) is 2.91. The number of rotatable bonds is 6. The van der Waals surface area contributed by atoms with E-state index < -0.39 is 0 Å². The third kappa shape index (κ3) is 3.95. The molecule has 0 radical (unpaired) electrons. The smallest absolute Gasteiger partial charge is 0.252 e. The zero-order valence-corrected chi connectivity index (χ0v) is 15.6. The SMILES string of the molecule is COCc1nc(COC)c2ccc(=O)n(Cc3ccc(Br)cc3)c2n1. The molecule has 0 amide bonds.